The van der Waals surface area contributed by atoms with Gasteiger partial charge in [0, 0.05) is 25.2 Å². The topological polar surface area (TPSA) is 52.1 Å². The van der Waals surface area contributed by atoms with Crippen LogP contribution in [0.4, 0.5) is 4.39 Å². The van der Waals surface area contributed by atoms with Crippen molar-refractivity contribution in [3.8, 4) is 5.75 Å². The van der Waals surface area contributed by atoms with Crippen molar-refractivity contribution in [1.82, 2.24) is 20.4 Å². The van der Waals surface area contributed by atoms with Gasteiger partial charge in [-0.15, -0.1) is 24.0 Å². The summed E-state index contributed by atoms with van der Waals surface area (Å²) in [5.74, 6) is 1.05. The van der Waals surface area contributed by atoms with Gasteiger partial charge in [-0.25, -0.2) is 4.39 Å². The zero-order chi connectivity index (χ0) is 21.4. The number of likely N-dealkylation sites (tertiary alicyclic amines) is 2. The lowest BCUT2D eigenvalue weighted by molar-refractivity contribution is 0.0173. The molecule has 0 amide bonds. The van der Waals surface area contributed by atoms with Crippen LogP contribution < -0.4 is 15.4 Å². The van der Waals surface area contributed by atoms with E-state index in [1.807, 2.05) is 6.92 Å². The van der Waals surface area contributed by atoms with Gasteiger partial charge in [-0.05, 0) is 78.0 Å². The van der Waals surface area contributed by atoms with E-state index in [9.17, 15) is 4.39 Å². The normalized spacial score (nSPS) is 21.1. The highest BCUT2D eigenvalue weighted by Crippen LogP contribution is 2.30. The fourth-order valence-electron chi connectivity index (χ4n) is 4.53. The molecule has 2 heterocycles. The molecule has 2 aliphatic rings. The van der Waals surface area contributed by atoms with Gasteiger partial charge in [-0.2, -0.15) is 0 Å². The van der Waals surface area contributed by atoms with Crippen LogP contribution in [0.2, 0.25) is 0 Å². The van der Waals surface area contributed by atoms with Gasteiger partial charge in [0.2, 0.25) is 0 Å². The summed E-state index contributed by atoms with van der Waals surface area (Å²) >= 11 is 0. The lowest BCUT2D eigenvalue weighted by Gasteiger charge is -2.50. The molecule has 2 N–H and O–H groups in total. The maximum absolute atomic E-state index is 13.3. The summed E-state index contributed by atoms with van der Waals surface area (Å²) in [5.41, 5.74) is 0.203. The van der Waals surface area contributed by atoms with Gasteiger partial charge in [-0.1, -0.05) is 12.5 Å². The minimum absolute atomic E-state index is 0. The molecule has 2 fully saturated rings. The van der Waals surface area contributed by atoms with Crippen LogP contribution in [0.5, 0.6) is 5.75 Å². The maximum atomic E-state index is 13.3. The summed E-state index contributed by atoms with van der Waals surface area (Å²) in [5, 5.41) is 6.95. The predicted molar refractivity (Wildman–Crippen MR) is 136 cm³/mol. The number of ether oxygens (including phenoxy) is 1. The van der Waals surface area contributed by atoms with Gasteiger partial charge in [0.1, 0.15) is 17.7 Å². The minimum Gasteiger partial charge on any atom is -0.489 e. The van der Waals surface area contributed by atoms with Gasteiger partial charge < -0.3 is 20.3 Å². The van der Waals surface area contributed by atoms with Crippen molar-refractivity contribution in [1.29, 1.82) is 0 Å². The molecule has 2 aliphatic heterocycles. The molecule has 1 unspecified atom stereocenters. The summed E-state index contributed by atoms with van der Waals surface area (Å²) in [6.07, 6.45) is 6.23. The van der Waals surface area contributed by atoms with E-state index in [2.05, 4.69) is 32.5 Å². The lowest BCUT2D eigenvalue weighted by atomic mass is 9.84. The van der Waals surface area contributed by atoms with Crippen molar-refractivity contribution in [3.05, 3.63) is 30.1 Å². The number of hydrogen-bond donors (Lipinski definition) is 2. The van der Waals surface area contributed by atoms with Crippen molar-refractivity contribution in [2.45, 2.75) is 50.7 Å². The second-order valence-corrected chi connectivity index (χ2v) is 8.77. The molecule has 6 nitrogen and oxygen atoms in total. The molecule has 1 aromatic rings. The van der Waals surface area contributed by atoms with E-state index in [0.717, 1.165) is 25.6 Å². The van der Waals surface area contributed by atoms with E-state index >= 15 is 0 Å². The van der Waals surface area contributed by atoms with Crippen molar-refractivity contribution in [2.75, 3.05) is 53.4 Å². The SMILES string of the molecule is CN=C(NCC(C)Oc1cccc(F)c1)NCC1(N2CCCCC2)CCN(C)CC1.I. The molecular weight excluding hydrogens is 508 g/mol. The first-order chi connectivity index (χ1) is 14.5. The Bertz CT molecular complexity index is 690. The molecule has 8 heteroatoms. The lowest BCUT2D eigenvalue weighted by Crippen LogP contribution is -2.62. The van der Waals surface area contributed by atoms with Crippen molar-refractivity contribution < 1.29 is 9.13 Å². The van der Waals surface area contributed by atoms with E-state index in [1.54, 1.807) is 19.2 Å². The highest BCUT2D eigenvalue weighted by Gasteiger charge is 2.39. The van der Waals surface area contributed by atoms with Crippen LogP contribution in [-0.4, -0.2) is 80.8 Å². The quantitative estimate of drug-likeness (QED) is 0.312. The van der Waals surface area contributed by atoms with E-state index in [0.29, 0.717) is 12.3 Å². The molecule has 0 aromatic heterocycles. The van der Waals surface area contributed by atoms with E-state index in [1.165, 1.54) is 57.3 Å². The Labute approximate surface area is 204 Å². The minimum atomic E-state index is -0.286. The fourth-order valence-corrected chi connectivity index (χ4v) is 4.53. The highest BCUT2D eigenvalue weighted by molar-refractivity contribution is 14.0. The van der Waals surface area contributed by atoms with Crippen LogP contribution in [0.15, 0.2) is 29.3 Å². The second kappa shape index (κ2) is 12.8. The molecule has 0 spiro atoms. The van der Waals surface area contributed by atoms with Crippen LogP contribution in [0.1, 0.15) is 39.0 Å². The molecule has 1 aromatic carbocycles. The Hall–Kier alpha value is -1.13. The van der Waals surface area contributed by atoms with Crippen molar-refractivity contribution in [2.24, 2.45) is 4.99 Å². The molecule has 31 heavy (non-hydrogen) atoms. The summed E-state index contributed by atoms with van der Waals surface area (Å²) in [6.45, 7) is 8.16. The van der Waals surface area contributed by atoms with Gasteiger partial charge in [0.25, 0.3) is 0 Å². The monoisotopic (exact) mass is 547 g/mol. The molecule has 0 aliphatic carbocycles. The summed E-state index contributed by atoms with van der Waals surface area (Å²) in [7, 11) is 4.02. The van der Waals surface area contributed by atoms with Crippen molar-refractivity contribution in [3.63, 3.8) is 0 Å². The number of hydrogen-bond acceptors (Lipinski definition) is 4. The fraction of sp³-hybridized carbons (Fsp3) is 0.696. The van der Waals surface area contributed by atoms with Crippen LogP contribution in [0.25, 0.3) is 0 Å². The Balaban J connectivity index is 0.00000341. The summed E-state index contributed by atoms with van der Waals surface area (Å²) < 4.78 is 19.2. The van der Waals surface area contributed by atoms with E-state index in [-0.39, 0.29) is 41.4 Å². The van der Waals surface area contributed by atoms with Crippen LogP contribution in [0.3, 0.4) is 0 Å². The molecule has 0 radical (unpaired) electrons. The van der Waals surface area contributed by atoms with Gasteiger partial charge in [-0.3, -0.25) is 9.89 Å². The molecule has 176 valence electrons. The molecule has 2 saturated heterocycles. The average Bonchev–Trinajstić information content (AvgIpc) is 2.76. The summed E-state index contributed by atoms with van der Waals surface area (Å²) in [4.78, 5) is 9.56. The Kier molecular flexibility index (Phi) is 10.8. The van der Waals surface area contributed by atoms with Gasteiger partial charge in [0.05, 0.1) is 6.54 Å². The number of benzene rings is 1. The largest absolute Gasteiger partial charge is 0.489 e. The first kappa shape index (κ1) is 26.1. The Morgan fingerprint density at radius 1 is 1.16 bits per heavy atom. The molecule has 0 saturated carbocycles. The maximum Gasteiger partial charge on any atom is 0.191 e. The van der Waals surface area contributed by atoms with E-state index < -0.39 is 0 Å². The van der Waals surface area contributed by atoms with Crippen molar-refractivity contribution >= 4 is 29.9 Å². The van der Waals surface area contributed by atoms with Gasteiger partial charge in [0.15, 0.2) is 5.96 Å². The van der Waals surface area contributed by atoms with Crippen LogP contribution >= 0.6 is 24.0 Å². The number of halogens is 2. The first-order valence-corrected chi connectivity index (χ1v) is 11.3. The van der Waals surface area contributed by atoms with Gasteiger partial charge >= 0.3 is 0 Å². The van der Waals surface area contributed by atoms with Crippen LogP contribution in [0, 0.1) is 5.82 Å². The number of piperidine rings is 2. The molecular formula is C23H39FIN5O. The number of guanidine groups is 1. The second-order valence-electron chi connectivity index (χ2n) is 8.77. The number of nitrogens with zero attached hydrogens (tertiary/aromatic N) is 3. The number of rotatable bonds is 7. The predicted octanol–water partition coefficient (Wildman–Crippen LogP) is 3.33. The number of aliphatic imine (C=N–C) groups is 1. The number of nitrogens with one attached hydrogen (secondary N) is 2. The third-order valence-corrected chi connectivity index (χ3v) is 6.44. The molecule has 0 bridgehead atoms. The Morgan fingerprint density at radius 2 is 1.87 bits per heavy atom. The third kappa shape index (κ3) is 7.75. The average molecular weight is 548 g/mol. The first-order valence-electron chi connectivity index (χ1n) is 11.3. The molecule has 1 atom stereocenters. The highest BCUT2D eigenvalue weighted by atomic mass is 127. The van der Waals surface area contributed by atoms with Crippen LogP contribution in [-0.2, 0) is 0 Å². The van der Waals surface area contributed by atoms with E-state index in [4.69, 9.17) is 4.74 Å². The summed E-state index contributed by atoms with van der Waals surface area (Å²) in [6, 6.07) is 6.26. The third-order valence-electron chi connectivity index (χ3n) is 6.44. The zero-order valence-corrected chi connectivity index (χ0v) is 21.5. The Morgan fingerprint density at radius 3 is 2.52 bits per heavy atom. The zero-order valence-electron chi connectivity index (χ0n) is 19.2. The smallest absolute Gasteiger partial charge is 0.191 e. The molecule has 3 rings (SSSR count). The standard InChI is InChI=1S/C23H38FN5O.HI/c1-19(30-21-9-7-8-20(24)16-21)17-26-22(25-2)27-18-23(10-14-28(3)15-11-23)29-12-5-4-6-13-29;/h7-9,16,19H,4-6,10-15,17-18H2,1-3H3,(H2,25,26,27);1H.